The van der Waals surface area contributed by atoms with Gasteiger partial charge in [0, 0.05) is 7.05 Å². The van der Waals surface area contributed by atoms with Crippen molar-refractivity contribution in [2.24, 2.45) is 0 Å². The van der Waals surface area contributed by atoms with E-state index in [1.54, 1.807) is 31.3 Å². The van der Waals surface area contributed by atoms with Crippen LogP contribution in [0.15, 0.2) is 52.6 Å². The normalized spacial score (nSPS) is 15.6. The summed E-state index contributed by atoms with van der Waals surface area (Å²) < 4.78 is 19.6. The van der Waals surface area contributed by atoms with Gasteiger partial charge in [-0.3, -0.25) is 9.69 Å². The fourth-order valence-corrected chi connectivity index (χ4v) is 3.01. The molecule has 4 nitrogen and oxygen atoms in total. The fourth-order valence-electron chi connectivity index (χ4n) is 2.30. The molecule has 2 aromatic carbocycles. The van der Waals surface area contributed by atoms with Gasteiger partial charge in [-0.2, -0.15) is 0 Å². The predicted molar refractivity (Wildman–Crippen MR) is 101 cm³/mol. The van der Waals surface area contributed by atoms with Gasteiger partial charge in [0.25, 0.3) is 5.91 Å². The van der Waals surface area contributed by atoms with Crippen molar-refractivity contribution in [3.63, 3.8) is 0 Å². The molecule has 1 aliphatic rings. The second kappa shape index (κ2) is 7.33. The third-order valence-electron chi connectivity index (χ3n) is 3.63. The molecule has 128 valence electrons. The molecule has 0 unspecified atom stereocenters. The number of carbonyl (C=O) groups excluding carboxylic acids is 1. The standard InChI is InChI=1S/C18H14BrFN2O2S/c1-22-17(23)15(21-18(22)25)9-11-5-6-16(14(19)8-11)24-10-12-3-2-4-13(20)7-12/h2-9H,10H2,1H3,(H,21,25). The quantitative estimate of drug-likeness (QED) is 0.602. The SMILES string of the molecule is CN1C(=O)C(=Cc2ccc(OCc3cccc(F)c3)c(Br)c2)NC1=S. The summed E-state index contributed by atoms with van der Waals surface area (Å²) in [5.41, 5.74) is 1.99. The van der Waals surface area contributed by atoms with Gasteiger partial charge in [0.2, 0.25) is 0 Å². The third-order valence-corrected chi connectivity index (χ3v) is 4.63. The van der Waals surface area contributed by atoms with Gasteiger partial charge < -0.3 is 10.1 Å². The zero-order valence-electron chi connectivity index (χ0n) is 13.3. The van der Waals surface area contributed by atoms with E-state index >= 15 is 0 Å². The highest BCUT2D eigenvalue weighted by Gasteiger charge is 2.26. The van der Waals surface area contributed by atoms with Crippen LogP contribution in [0, 0.1) is 5.82 Å². The Kier molecular flexibility index (Phi) is 5.15. The highest BCUT2D eigenvalue weighted by Crippen LogP contribution is 2.28. The van der Waals surface area contributed by atoms with Gasteiger partial charge in [-0.05, 0) is 69.6 Å². The highest BCUT2D eigenvalue weighted by atomic mass is 79.9. The average molecular weight is 421 g/mol. The van der Waals surface area contributed by atoms with Gasteiger partial charge in [-0.15, -0.1) is 0 Å². The first kappa shape index (κ1) is 17.6. The van der Waals surface area contributed by atoms with Crippen LogP contribution in [0.3, 0.4) is 0 Å². The molecule has 0 aliphatic carbocycles. The van der Waals surface area contributed by atoms with Crippen molar-refractivity contribution in [3.8, 4) is 5.75 Å². The topological polar surface area (TPSA) is 41.6 Å². The molecule has 2 aromatic rings. The molecule has 1 heterocycles. The van der Waals surface area contributed by atoms with Gasteiger partial charge in [0.15, 0.2) is 5.11 Å². The Morgan fingerprint density at radius 3 is 2.76 bits per heavy atom. The molecular weight excluding hydrogens is 407 g/mol. The van der Waals surface area contributed by atoms with Crippen LogP contribution in [0.5, 0.6) is 5.75 Å². The summed E-state index contributed by atoms with van der Waals surface area (Å²) in [5.74, 6) is 0.163. The molecule has 0 atom stereocenters. The summed E-state index contributed by atoms with van der Waals surface area (Å²) in [5, 5.41) is 3.25. The lowest BCUT2D eigenvalue weighted by Gasteiger charge is -2.09. The molecule has 0 bridgehead atoms. The zero-order chi connectivity index (χ0) is 18.0. The number of carbonyl (C=O) groups is 1. The van der Waals surface area contributed by atoms with Gasteiger partial charge in [-0.25, -0.2) is 4.39 Å². The Morgan fingerprint density at radius 1 is 1.32 bits per heavy atom. The molecule has 0 radical (unpaired) electrons. The van der Waals surface area contributed by atoms with E-state index in [9.17, 15) is 9.18 Å². The number of amides is 1. The maximum atomic E-state index is 13.2. The van der Waals surface area contributed by atoms with Crippen molar-refractivity contribution in [2.75, 3.05) is 7.05 Å². The molecule has 0 spiro atoms. The molecule has 1 N–H and O–H groups in total. The van der Waals surface area contributed by atoms with Crippen LogP contribution in [-0.4, -0.2) is 23.0 Å². The van der Waals surface area contributed by atoms with Crippen LogP contribution in [0.1, 0.15) is 11.1 Å². The molecule has 1 saturated heterocycles. The average Bonchev–Trinajstić information content (AvgIpc) is 2.81. The van der Waals surface area contributed by atoms with E-state index < -0.39 is 0 Å². The molecular formula is C18H14BrFN2O2S. The lowest BCUT2D eigenvalue weighted by Crippen LogP contribution is -2.25. The first-order valence-corrected chi connectivity index (χ1v) is 8.61. The van der Waals surface area contributed by atoms with Crippen LogP contribution in [-0.2, 0) is 11.4 Å². The van der Waals surface area contributed by atoms with Crippen LogP contribution in [0.2, 0.25) is 0 Å². The van der Waals surface area contributed by atoms with Crippen LogP contribution in [0.4, 0.5) is 4.39 Å². The van der Waals surface area contributed by atoms with E-state index in [4.69, 9.17) is 17.0 Å². The van der Waals surface area contributed by atoms with E-state index in [0.29, 0.717) is 16.6 Å². The molecule has 1 fully saturated rings. The van der Waals surface area contributed by atoms with E-state index in [0.717, 1.165) is 15.6 Å². The zero-order valence-corrected chi connectivity index (χ0v) is 15.7. The van der Waals surface area contributed by atoms with E-state index in [2.05, 4.69) is 21.2 Å². The van der Waals surface area contributed by atoms with Gasteiger partial charge >= 0.3 is 0 Å². The van der Waals surface area contributed by atoms with Crippen LogP contribution < -0.4 is 10.1 Å². The van der Waals surface area contributed by atoms with E-state index in [1.807, 2.05) is 12.1 Å². The maximum Gasteiger partial charge on any atom is 0.276 e. The highest BCUT2D eigenvalue weighted by molar-refractivity contribution is 9.10. The minimum atomic E-state index is -0.293. The van der Waals surface area contributed by atoms with Gasteiger partial charge in [0.1, 0.15) is 23.9 Å². The predicted octanol–water partition coefficient (Wildman–Crippen LogP) is 3.85. The lowest BCUT2D eigenvalue weighted by molar-refractivity contribution is -0.121. The Hall–Kier alpha value is -2.25. The number of hydrogen-bond acceptors (Lipinski definition) is 3. The Bertz CT molecular complexity index is 885. The van der Waals surface area contributed by atoms with Gasteiger partial charge in [0.05, 0.1) is 4.47 Å². The Balaban J connectivity index is 1.73. The molecule has 7 heteroatoms. The summed E-state index contributed by atoms with van der Waals surface area (Å²) in [4.78, 5) is 13.4. The molecule has 0 aromatic heterocycles. The number of rotatable bonds is 4. The number of halogens is 2. The summed E-state index contributed by atoms with van der Waals surface area (Å²) in [7, 11) is 1.62. The van der Waals surface area contributed by atoms with E-state index in [1.165, 1.54) is 17.0 Å². The number of hydrogen-bond donors (Lipinski definition) is 1. The Morgan fingerprint density at radius 2 is 2.12 bits per heavy atom. The van der Waals surface area contributed by atoms with Crippen molar-refractivity contribution in [3.05, 3.63) is 69.6 Å². The van der Waals surface area contributed by atoms with Crippen molar-refractivity contribution in [2.45, 2.75) is 6.61 Å². The van der Waals surface area contributed by atoms with Crippen molar-refractivity contribution in [1.82, 2.24) is 10.2 Å². The minimum Gasteiger partial charge on any atom is -0.488 e. The number of likely N-dealkylation sites (N-methyl/N-ethyl adjacent to an activating group) is 1. The van der Waals surface area contributed by atoms with E-state index in [-0.39, 0.29) is 18.3 Å². The fraction of sp³-hybridized carbons (Fsp3) is 0.111. The van der Waals surface area contributed by atoms with Gasteiger partial charge in [-0.1, -0.05) is 18.2 Å². The monoisotopic (exact) mass is 420 g/mol. The summed E-state index contributed by atoms with van der Waals surface area (Å²) >= 11 is 8.50. The molecule has 1 aliphatic heterocycles. The second-order valence-corrected chi connectivity index (χ2v) is 6.70. The second-order valence-electron chi connectivity index (χ2n) is 5.46. The largest absolute Gasteiger partial charge is 0.488 e. The maximum absolute atomic E-state index is 13.2. The minimum absolute atomic E-state index is 0.174. The van der Waals surface area contributed by atoms with Crippen molar-refractivity contribution >= 4 is 45.2 Å². The number of thiocarbonyl (C=S) groups is 1. The first-order valence-electron chi connectivity index (χ1n) is 7.41. The summed E-state index contributed by atoms with van der Waals surface area (Å²) in [6, 6.07) is 11.7. The van der Waals surface area contributed by atoms with Crippen molar-refractivity contribution < 1.29 is 13.9 Å². The lowest BCUT2D eigenvalue weighted by atomic mass is 10.2. The Labute approximate surface area is 158 Å². The summed E-state index contributed by atoms with van der Waals surface area (Å²) in [6.07, 6.45) is 1.72. The molecule has 1 amide bonds. The smallest absolute Gasteiger partial charge is 0.276 e. The van der Waals surface area contributed by atoms with Crippen LogP contribution in [0.25, 0.3) is 6.08 Å². The molecule has 25 heavy (non-hydrogen) atoms. The van der Waals surface area contributed by atoms with Crippen molar-refractivity contribution in [1.29, 1.82) is 0 Å². The van der Waals surface area contributed by atoms with Crippen LogP contribution >= 0.6 is 28.1 Å². The number of nitrogens with zero attached hydrogens (tertiary/aromatic N) is 1. The number of ether oxygens (including phenoxy) is 1. The third kappa shape index (κ3) is 4.05. The molecule has 0 saturated carbocycles. The number of benzene rings is 2. The first-order chi connectivity index (χ1) is 11.9. The molecule has 3 rings (SSSR count). The number of nitrogens with one attached hydrogen (secondary N) is 1. The summed E-state index contributed by atoms with van der Waals surface area (Å²) in [6.45, 7) is 0.260.